The number of aromatic nitrogens is 2. The molecule has 0 aliphatic carbocycles. The van der Waals surface area contributed by atoms with Crippen LogP contribution >= 0.6 is 11.3 Å². The maximum Gasteiger partial charge on any atom is 0.272 e. The molecule has 0 unspecified atom stereocenters. The molecule has 43 heavy (non-hydrogen) atoms. The van der Waals surface area contributed by atoms with Crippen molar-refractivity contribution in [3.63, 3.8) is 0 Å². The first kappa shape index (κ1) is 30.8. The van der Waals surface area contributed by atoms with E-state index >= 15 is 0 Å². The second-order valence-corrected chi connectivity index (χ2v) is 13.1. The van der Waals surface area contributed by atoms with Gasteiger partial charge in [0.2, 0.25) is 5.95 Å². The number of alkyl halides is 2. The Labute approximate surface area is 253 Å². The Bertz CT molecular complexity index is 1570. The number of benzene rings is 1. The highest BCUT2D eigenvalue weighted by Crippen LogP contribution is 2.30. The van der Waals surface area contributed by atoms with E-state index in [-0.39, 0.29) is 44.6 Å². The van der Waals surface area contributed by atoms with Crippen molar-refractivity contribution in [2.24, 2.45) is 11.3 Å². The van der Waals surface area contributed by atoms with Gasteiger partial charge in [0.25, 0.3) is 18.2 Å². The molecule has 2 N–H and O–H groups in total. The Morgan fingerprint density at radius 2 is 2.07 bits per heavy atom. The number of thiophene rings is 1. The average molecular weight is 611 g/mol. The molecular weight excluding hydrogens is 574 g/mol. The third-order valence-corrected chi connectivity index (χ3v) is 8.86. The van der Waals surface area contributed by atoms with Gasteiger partial charge in [0.05, 0.1) is 40.0 Å². The number of carbonyl (C=O) groups excluding carboxylic acids is 2. The first-order valence-electron chi connectivity index (χ1n) is 14.5. The van der Waals surface area contributed by atoms with Crippen LogP contribution in [-0.2, 0) is 22.6 Å². The number of carbonyl (C=O) groups is 2. The molecule has 2 saturated heterocycles. The Morgan fingerprint density at radius 3 is 2.72 bits per heavy atom. The minimum Gasteiger partial charge on any atom is -0.380 e. The fourth-order valence-corrected chi connectivity index (χ4v) is 6.29. The Balaban J connectivity index is 1.42. The van der Waals surface area contributed by atoms with Crippen LogP contribution in [0.5, 0.6) is 0 Å². The molecule has 4 heterocycles. The molecule has 228 valence electrons. The van der Waals surface area contributed by atoms with E-state index in [1.165, 1.54) is 12.1 Å². The van der Waals surface area contributed by atoms with Crippen LogP contribution in [-0.4, -0.2) is 58.6 Å². The zero-order valence-corrected chi connectivity index (χ0v) is 25.3. The fraction of sp³-hybridized carbons (Fsp3) is 0.484. The number of fused-ring (bicyclic) bond motifs is 1. The summed E-state index contributed by atoms with van der Waals surface area (Å²) < 4.78 is 33.5. The third-order valence-electron chi connectivity index (χ3n) is 7.77. The van der Waals surface area contributed by atoms with Crippen molar-refractivity contribution >= 4 is 40.1 Å². The first-order valence-corrected chi connectivity index (χ1v) is 15.3. The second kappa shape index (κ2) is 12.9. The minimum atomic E-state index is -2.66. The van der Waals surface area contributed by atoms with Crippen LogP contribution in [0.15, 0.2) is 42.0 Å². The van der Waals surface area contributed by atoms with E-state index in [1.807, 2.05) is 36.6 Å². The summed E-state index contributed by atoms with van der Waals surface area (Å²) in [5.41, 5.74) is 2.72. The average Bonchev–Trinajstić information content (AvgIpc) is 3.70. The van der Waals surface area contributed by atoms with Crippen LogP contribution in [0, 0.1) is 22.7 Å². The standard InChI is InChI=1S/C31H36F2N6O3S/c1-19(2)11-21(13-34)29(41)38-10-4-5-22(38)15-39-24-7-6-20(14-35-16-31(3)17-42-18-31)12-23(24)36-30(39)37-28(40)26-9-8-25(43-26)27(32)33/h6-9,11-12,19,22,27,35H,4-5,10,14-18H2,1-3H3,(H,36,37,40)/t22-/m1/s1. The fourth-order valence-electron chi connectivity index (χ4n) is 5.53. The number of rotatable bonds is 11. The molecule has 12 heteroatoms. The normalized spacial score (nSPS) is 18.3. The molecule has 1 aromatic carbocycles. The topological polar surface area (TPSA) is 112 Å². The summed E-state index contributed by atoms with van der Waals surface area (Å²) >= 11 is 0.743. The highest BCUT2D eigenvalue weighted by Gasteiger charge is 2.33. The summed E-state index contributed by atoms with van der Waals surface area (Å²) in [5.74, 6) is -0.507. The van der Waals surface area contributed by atoms with Crippen LogP contribution < -0.4 is 10.6 Å². The van der Waals surface area contributed by atoms with E-state index in [2.05, 4.69) is 23.6 Å². The number of halogens is 2. The number of allylic oxidation sites excluding steroid dienone is 1. The largest absolute Gasteiger partial charge is 0.380 e. The van der Waals surface area contributed by atoms with E-state index in [0.717, 1.165) is 55.0 Å². The zero-order chi connectivity index (χ0) is 30.7. The quantitative estimate of drug-likeness (QED) is 0.219. The van der Waals surface area contributed by atoms with Crippen molar-refractivity contribution in [2.75, 3.05) is 31.6 Å². The molecule has 1 atom stereocenters. The Hall–Kier alpha value is -3.66. The molecule has 2 aliphatic heterocycles. The van der Waals surface area contributed by atoms with Crippen molar-refractivity contribution in [1.82, 2.24) is 19.8 Å². The zero-order valence-electron chi connectivity index (χ0n) is 24.5. The van der Waals surface area contributed by atoms with Gasteiger partial charge in [-0.1, -0.05) is 32.9 Å². The van der Waals surface area contributed by atoms with Crippen LogP contribution in [0.4, 0.5) is 14.7 Å². The molecule has 3 aromatic rings. The van der Waals surface area contributed by atoms with E-state index in [0.29, 0.717) is 25.2 Å². The Morgan fingerprint density at radius 1 is 1.28 bits per heavy atom. The molecule has 2 fully saturated rings. The lowest BCUT2D eigenvalue weighted by atomic mass is 9.89. The van der Waals surface area contributed by atoms with E-state index in [9.17, 15) is 23.6 Å². The smallest absolute Gasteiger partial charge is 0.272 e. The van der Waals surface area contributed by atoms with Gasteiger partial charge in [-0.2, -0.15) is 5.26 Å². The second-order valence-electron chi connectivity index (χ2n) is 12.0. The summed E-state index contributed by atoms with van der Waals surface area (Å²) in [6.07, 6.45) is 0.540. The van der Waals surface area contributed by atoms with Gasteiger partial charge in [0.1, 0.15) is 11.6 Å². The van der Waals surface area contributed by atoms with Gasteiger partial charge in [-0.05, 0) is 48.6 Å². The minimum absolute atomic E-state index is 0.0514. The van der Waals surface area contributed by atoms with Gasteiger partial charge in [-0.3, -0.25) is 14.9 Å². The molecule has 0 spiro atoms. The molecule has 2 aliphatic rings. The van der Waals surface area contributed by atoms with Crippen LogP contribution in [0.2, 0.25) is 0 Å². The van der Waals surface area contributed by atoms with Crippen molar-refractivity contribution in [3.05, 3.63) is 57.3 Å². The highest BCUT2D eigenvalue weighted by molar-refractivity contribution is 7.14. The van der Waals surface area contributed by atoms with E-state index in [4.69, 9.17) is 9.72 Å². The van der Waals surface area contributed by atoms with Gasteiger partial charge >= 0.3 is 0 Å². The van der Waals surface area contributed by atoms with Crippen molar-refractivity contribution < 1.29 is 23.1 Å². The maximum atomic E-state index is 13.3. The lowest BCUT2D eigenvalue weighted by Gasteiger charge is -2.38. The Kier molecular flexibility index (Phi) is 9.25. The van der Waals surface area contributed by atoms with Gasteiger partial charge in [0.15, 0.2) is 0 Å². The van der Waals surface area contributed by atoms with E-state index < -0.39 is 12.3 Å². The molecule has 0 bridgehead atoms. The molecule has 9 nitrogen and oxygen atoms in total. The summed E-state index contributed by atoms with van der Waals surface area (Å²) in [6.45, 7) is 9.82. The molecule has 0 radical (unpaired) electrons. The number of nitrogens with zero attached hydrogens (tertiary/aromatic N) is 4. The van der Waals surface area contributed by atoms with Crippen molar-refractivity contribution in [3.8, 4) is 6.07 Å². The summed E-state index contributed by atoms with van der Waals surface area (Å²) in [6, 6.07) is 10.4. The summed E-state index contributed by atoms with van der Waals surface area (Å²) in [7, 11) is 0. The number of amides is 2. The van der Waals surface area contributed by atoms with Gasteiger partial charge < -0.3 is 19.5 Å². The predicted molar refractivity (Wildman–Crippen MR) is 161 cm³/mol. The molecule has 0 saturated carbocycles. The number of likely N-dealkylation sites (tertiary alicyclic amines) is 1. The number of hydrogen-bond acceptors (Lipinski definition) is 7. The lowest BCUT2D eigenvalue weighted by Crippen LogP contribution is -2.47. The predicted octanol–water partition coefficient (Wildman–Crippen LogP) is 5.51. The summed E-state index contributed by atoms with van der Waals surface area (Å²) in [4.78, 5) is 32.9. The third kappa shape index (κ3) is 6.95. The van der Waals surface area contributed by atoms with Crippen molar-refractivity contribution in [1.29, 1.82) is 5.26 Å². The number of hydrogen-bond donors (Lipinski definition) is 2. The van der Waals surface area contributed by atoms with Gasteiger partial charge in [-0.25, -0.2) is 13.8 Å². The molecule has 2 amide bonds. The van der Waals surface area contributed by atoms with Crippen LogP contribution in [0.1, 0.15) is 60.2 Å². The monoisotopic (exact) mass is 610 g/mol. The van der Waals surface area contributed by atoms with Crippen LogP contribution in [0.3, 0.4) is 0 Å². The van der Waals surface area contributed by atoms with Crippen molar-refractivity contribution in [2.45, 2.75) is 59.2 Å². The number of ether oxygens (including phenoxy) is 1. The number of nitriles is 1. The number of imidazole rings is 1. The first-order chi connectivity index (χ1) is 20.6. The number of anilines is 1. The molecular formula is C31H36F2N6O3S. The molecule has 2 aromatic heterocycles. The van der Waals surface area contributed by atoms with Gasteiger partial charge in [-0.15, -0.1) is 11.3 Å². The number of nitrogens with one attached hydrogen (secondary N) is 2. The van der Waals surface area contributed by atoms with E-state index in [1.54, 1.807) is 11.0 Å². The van der Waals surface area contributed by atoms with Gasteiger partial charge in [0, 0.05) is 31.6 Å². The van der Waals surface area contributed by atoms with Crippen LogP contribution in [0.25, 0.3) is 11.0 Å². The lowest BCUT2D eigenvalue weighted by molar-refractivity contribution is -0.127. The summed E-state index contributed by atoms with van der Waals surface area (Å²) in [5, 5.41) is 15.9. The highest BCUT2D eigenvalue weighted by atomic mass is 32.1. The SMILES string of the molecule is CC(C)C=C(C#N)C(=O)N1CCC[C@@H]1Cn1c(NC(=O)c2ccc(C(F)F)s2)nc2cc(CNCC3(C)COC3)ccc21. The maximum absolute atomic E-state index is 13.3. The molecule has 5 rings (SSSR count).